The van der Waals surface area contributed by atoms with Gasteiger partial charge in [-0.25, -0.2) is 0 Å². The summed E-state index contributed by atoms with van der Waals surface area (Å²) in [6.45, 7) is 0.800. The van der Waals surface area contributed by atoms with Crippen molar-refractivity contribution in [1.29, 1.82) is 0 Å². The second-order valence-electron chi connectivity index (χ2n) is 3.84. The number of aromatic nitrogens is 2. The Labute approximate surface area is 92.6 Å². The highest BCUT2D eigenvalue weighted by Gasteiger charge is 2.19. The van der Waals surface area contributed by atoms with E-state index in [1.165, 1.54) is 0 Å². The highest BCUT2D eigenvalue weighted by Crippen LogP contribution is 2.15. The predicted octanol–water partition coefficient (Wildman–Crippen LogP) is 0.808. The van der Waals surface area contributed by atoms with Crippen molar-refractivity contribution in [2.45, 2.75) is 38.2 Å². The fourth-order valence-electron chi connectivity index (χ4n) is 1.70. The first-order chi connectivity index (χ1) is 7.74. The van der Waals surface area contributed by atoms with Gasteiger partial charge in [0, 0.05) is 19.4 Å². The van der Waals surface area contributed by atoms with Gasteiger partial charge in [0.1, 0.15) is 0 Å². The van der Waals surface area contributed by atoms with Gasteiger partial charge >= 0.3 is 5.97 Å². The van der Waals surface area contributed by atoms with Crippen molar-refractivity contribution in [3.05, 3.63) is 11.7 Å². The fourth-order valence-corrected chi connectivity index (χ4v) is 1.70. The van der Waals surface area contributed by atoms with Crippen LogP contribution >= 0.6 is 0 Å². The first-order valence-corrected chi connectivity index (χ1v) is 5.39. The van der Waals surface area contributed by atoms with Crippen molar-refractivity contribution in [2.24, 2.45) is 0 Å². The van der Waals surface area contributed by atoms with Gasteiger partial charge in [-0.15, -0.1) is 0 Å². The lowest BCUT2D eigenvalue weighted by Gasteiger charge is -2.03. The van der Waals surface area contributed by atoms with E-state index in [1.54, 1.807) is 0 Å². The van der Waals surface area contributed by atoms with Gasteiger partial charge in [0.15, 0.2) is 5.82 Å². The molecule has 0 aromatic carbocycles. The minimum Gasteiger partial charge on any atom is -0.481 e. The summed E-state index contributed by atoms with van der Waals surface area (Å²) in [5.41, 5.74) is 0. The summed E-state index contributed by atoms with van der Waals surface area (Å²) in [6.07, 6.45) is 3.24. The molecule has 0 saturated carbocycles. The molecule has 6 heteroatoms. The summed E-state index contributed by atoms with van der Waals surface area (Å²) in [4.78, 5) is 14.5. The zero-order valence-corrected chi connectivity index (χ0v) is 8.89. The van der Waals surface area contributed by atoms with E-state index in [4.69, 9.17) is 14.4 Å². The van der Waals surface area contributed by atoms with Crippen molar-refractivity contribution in [3.8, 4) is 0 Å². The van der Waals surface area contributed by atoms with Crippen LogP contribution in [0.3, 0.4) is 0 Å². The summed E-state index contributed by atoms with van der Waals surface area (Å²) in [5, 5.41) is 12.3. The number of carboxylic acids is 1. The Kier molecular flexibility index (Phi) is 3.51. The molecule has 0 bridgehead atoms. The number of ether oxygens (including phenoxy) is 1. The zero-order valence-electron chi connectivity index (χ0n) is 8.89. The normalized spacial score (nSPS) is 20.1. The third kappa shape index (κ3) is 3.03. The van der Waals surface area contributed by atoms with Gasteiger partial charge in [-0.2, -0.15) is 4.98 Å². The fraction of sp³-hybridized carbons (Fsp3) is 0.700. The molecule has 1 fully saturated rings. The standard InChI is InChI=1S/C10H14N2O4/c13-10(14)4-3-9-11-8(12-16-9)6-7-2-1-5-15-7/h7H,1-6H2,(H,13,14). The van der Waals surface area contributed by atoms with Crippen molar-refractivity contribution in [1.82, 2.24) is 10.1 Å². The largest absolute Gasteiger partial charge is 0.481 e. The van der Waals surface area contributed by atoms with Crippen LogP contribution in [0.2, 0.25) is 0 Å². The van der Waals surface area contributed by atoms with E-state index < -0.39 is 5.97 Å². The first kappa shape index (κ1) is 11.1. The molecule has 1 aliphatic heterocycles. The number of aliphatic carboxylic acids is 1. The summed E-state index contributed by atoms with van der Waals surface area (Å²) in [7, 11) is 0. The van der Waals surface area contributed by atoms with Gasteiger partial charge in [0.2, 0.25) is 5.89 Å². The topological polar surface area (TPSA) is 85.5 Å². The second kappa shape index (κ2) is 5.07. The summed E-state index contributed by atoms with van der Waals surface area (Å²) < 4.78 is 10.4. The van der Waals surface area contributed by atoms with E-state index in [1.807, 2.05) is 0 Å². The van der Waals surface area contributed by atoms with E-state index in [0.717, 1.165) is 19.4 Å². The molecule has 1 atom stereocenters. The van der Waals surface area contributed by atoms with Crippen LogP contribution in [-0.4, -0.2) is 33.9 Å². The Morgan fingerprint density at radius 3 is 3.12 bits per heavy atom. The maximum absolute atomic E-state index is 10.3. The number of carbonyl (C=O) groups is 1. The van der Waals surface area contributed by atoms with E-state index in [9.17, 15) is 4.79 Å². The van der Waals surface area contributed by atoms with Crippen molar-refractivity contribution < 1.29 is 19.2 Å². The van der Waals surface area contributed by atoms with E-state index in [-0.39, 0.29) is 18.9 Å². The predicted molar refractivity (Wildman–Crippen MR) is 52.9 cm³/mol. The third-order valence-corrected chi connectivity index (χ3v) is 2.50. The van der Waals surface area contributed by atoms with E-state index in [2.05, 4.69) is 10.1 Å². The molecule has 2 rings (SSSR count). The minimum atomic E-state index is -0.862. The second-order valence-corrected chi connectivity index (χ2v) is 3.84. The molecule has 0 radical (unpaired) electrons. The quantitative estimate of drug-likeness (QED) is 0.799. The number of hydrogen-bond donors (Lipinski definition) is 1. The Morgan fingerprint density at radius 1 is 1.56 bits per heavy atom. The molecule has 1 aromatic heterocycles. The lowest BCUT2D eigenvalue weighted by molar-refractivity contribution is -0.137. The SMILES string of the molecule is O=C(O)CCc1nc(CC2CCCO2)no1. The molecule has 6 nitrogen and oxygen atoms in total. The third-order valence-electron chi connectivity index (χ3n) is 2.50. The summed E-state index contributed by atoms with van der Waals surface area (Å²) >= 11 is 0. The van der Waals surface area contributed by atoms with Gasteiger partial charge < -0.3 is 14.4 Å². The van der Waals surface area contributed by atoms with Crippen LogP contribution < -0.4 is 0 Å². The number of carboxylic acid groups (broad SMARTS) is 1. The number of aryl methyl sites for hydroxylation is 1. The molecule has 88 valence electrons. The average Bonchev–Trinajstić information content (AvgIpc) is 2.87. The van der Waals surface area contributed by atoms with E-state index in [0.29, 0.717) is 18.1 Å². The molecule has 1 unspecified atom stereocenters. The van der Waals surface area contributed by atoms with Gasteiger partial charge in [0.25, 0.3) is 0 Å². The van der Waals surface area contributed by atoms with Crippen LogP contribution in [0.15, 0.2) is 4.52 Å². The van der Waals surface area contributed by atoms with Crippen molar-refractivity contribution in [2.75, 3.05) is 6.61 Å². The molecule has 1 N–H and O–H groups in total. The molecular weight excluding hydrogens is 212 g/mol. The van der Waals surface area contributed by atoms with Gasteiger partial charge in [-0.05, 0) is 12.8 Å². The highest BCUT2D eigenvalue weighted by molar-refractivity contribution is 5.66. The number of nitrogens with zero attached hydrogens (tertiary/aromatic N) is 2. The molecule has 0 spiro atoms. The van der Waals surface area contributed by atoms with Crippen LogP contribution in [0, 0.1) is 0 Å². The van der Waals surface area contributed by atoms with Crippen LogP contribution in [0.4, 0.5) is 0 Å². The smallest absolute Gasteiger partial charge is 0.303 e. The van der Waals surface area contributed by atoms with Crippen LogP contribution in [-0.2, 0) is 22.4 Å². The lowest BCUT2D eigenvalue weighted by Crippen LogP contribution is -2.10. The number of rotatable bonds is 5. The van der Waals surface area contributed by atoms with Crippen LogP contribution in [0.1, 0.15) is 31.0 Å². The summed E-state index contributed by atoms with van der Waals surface area (Å²) in [5.74, 6) is 0.126. The molecule has 1 aliphatic rings. The molecule has 0 aliphatic carbocycles. The Hall–Kier alpha value is -1.43. The average molecular weight is 226 g/mol. The van der Waals surface area contributed by atoms with Gasteiger partial charge in [-0.1, -0.05) is 5.16 Å². The van der Waals surface area contributed by atoms with Crippen LogP contribution in [0.25, 0.3) is 0 Å². The Morgan fingerprint density at radius 2 is 2.44 bits per heavy atom. The highest BCUT2D eigenvalue weighted by atomic mass is 16.5. The van der Waals surface area contributed by atoms with Crippen LogP contribution in [0.5, 0.6) is 0 Å². The molecular formula is C10H14N2O4. The molecule has 16 heavy (non-hydrogen) atoms. The van der Waals surface area contributed by atoms with Gasteiger partial charge in [-0.3, -0.25) is 4.79 Å². The maximum atomic E-state index is 10.3. The van der Waals surface area contributed by atoms with Gasteiger partial charge in [0.05, 0.1) is 12.5 Å². The maximum Gasteiger partial charge on any atom is 0.303 e. The van der Waals surface area contributed by atoms with Crippen molar-refractivity contribution >= 4 is 5.97 Å². The molecule has 0 amide bonds. The first-order valence-electron chi connectivity index (χ1n) is 5.39. The Balaban J connectivity index is 1.84. The number of hydrogen-bond acceptors (Lipinski definition) is 5. The summed E-state index contributed by atoms with van der Waals surface area (Å²) in [6, 6.07) is 0. The van der Waals surface area contributed by atoms with E-state index >= 15 is 0 Å². The minimum absolute atomic E-state index is 0.0154. The lowest BCUT2D eigenvalue weighted by atomic mass is 10.2. The zero-order chi connectivity index (χ0) is 11.4. The molecule has 2 heterocycles. The molecule has 1 aromatic rings. The Bertz CT molecular complexity index is 357. The molecule has 1 saturated heterocycles. The monoisotopic (exact) mass is 226 g/mol. The van der Waals surface area contributed by atoms with Crippen molar-refractivity contribution in [3.63, 3.8) is 0 Å².